The van der Waals surface area contributed by atoms with Gasteiger partial charge in [0.05, 0.1) is 6.26 Å². The summed E-state index contributed by atoms with van der Waals surface area (Å²) in [6, 6.07) is 5.77. The van der Waals surface area contributed by atoms with Gasteiger partial charge in [-0.1, -0.05) is 17.7 Å². The first-order valence-corrected chi connectivity index (χ1v) is 16.4. The molecule has 16 heteroatoms. The Bertz CT molecular complexity index is 1290. The van der Waals surface area contributed by atoms with Gasteiger partial charge in [0.2, 0.25) is 10.0 Å². The first-order valence-electron chi connectivity index (χ1n) is 14.2. The normalized spacial score (nSPS) is 23.3. The Hall–Kier alpha value is -1.97. The number of sulfonamides is 1. The molecule has 0 atom stereocenters. The smallest absolute Gasteiger partial charge is 0.426 e. The average Bonchev–Trinajstić information content (AvgIpc) is 3.31. The molecule has 4 fully saturated rings. The quantitative estimate of drug-likeness (QED) is 0.409. The maximum atomic E-state index is 12.8. The van der Waals surface area contributed by atoms with Crippen LogP contribution in [0.4, 0.5) is 36.8 Å². The Labute approximate surface area is 251 Å². The number of piperidine rings is 2. The van der Waals surface area contributed by atoms with Gasteiger partial charge in [0.25, 0.3) is 6.10 Å². The standard InChI is InChI=1S/C27H35ClF6N4O4S/c1-43(40,41)38-14-9-24(18-38)5-10-36(11-6-24)21-4-2-3-20(28)19(21)15-35-16-25(17-35)7-12-37(13-8-25)23(39)42-22(26(29,30)31)27(32,33)34/h2-4,22H,5-18H2,1H3. The van der Waals surface area contributed by atoms with E-state index in [9.17, 15) is 39.6 Å². The number of ether oxygens (including phenoxy) is 1. The predicted molar refractivity (Wildman–Crippen MR) is 147 cm³/mol. The molecule has 0 bridgehead atoms. The third-order valence-electron chi connectivity index (χ3n) is 9.53. The summed E-state index contributed by atoms with van der Waals surface area (Å²) in [5, 5.41) is 0.629. The fraction of sp³-hybridized carbons (Fsp3) is 0.741. The molecule has 1 amide bonds. The second-order valence-corrected chi connectivity index (χ2v) is 14.9. The molecule has 4 aliphatic rings. The van der Waals surface area contributed by atoms with Gasteiger partial charge in [-0.2, -0.15) is 26.3 Å². The molecular formula is C27H35ClF6N4O4S. The molecule has 43 heavy (non-hydrogen) atoms. The monoisotopic (exact) mass is 660 g/mol. The number of carbonyl (C=O) groups is 1. The third kappa shape index (κ3) is 6.99. The van der Waals surface area contributed by atoms with Crippen molar-refractivity contribution >= 4 is 33.4 Å². The minimum atomic E-state index is -5.75. The summed E-state index contributed by atoms with van der Waals surface area (Å²) in [5.41, 5.74) is 1.81. The van der Waals surface area contributed by atoms with Gasteiger partial charge in [-0.3, -0.25) is 4.90 Å². The van der Waals surface area contributed by atoms with Crippen LogP contribution in [-0.4, -0.2) is 106 Å². The SMILES string of the molecule is CS(=O)(=O)N1CCC2(CCN(c3cccc(Cl)c3CN3CC4(CCN(C(=O)OC(C(F)(F)F)C(F)(F)F)CC4)C3)CC2)C1. The first-order chi connectivity index (χ1) is 19.9. The summed E-state index contributed by atoms with van der Waals surface area (Å²) in [6.45, 7) is 4.60. The second kappa shape index (κ2) is 11.4. The molecule has 4 aliphatic heterocycles. The molecule has 1 aromatic carbocycles. The maximum Gasteiger partial charge on any atom is 0.434 e. The van der Waals surface area contributed by atoms with Crippen molar-refractivity contribution in [3.05, 3.63) is 28.8 Å². The predicted octanol–water partition coefficient (Wildman–Crippen LogP) is 5.12. The fourth-order valence-electron chi connectivity index (χ4n) is 7.02. The van der Waals surface area contributed by atoms with Crippen molar-refractivity contribution in [3.63, 3.8) is 0 Å². The molecule has 0 aliphatic carbocycles. The summed E-state index contributed by atoms with van der Waals surface area (Å²) in [4.78, 5) is 17.5. The van der Waals surface area contributed by atoms with Crippen molar-refractivity contribution in [1.82, 2.24) is 14.1 Å². The number of hydrogen-bond donors (Lipinski definition) is 0. The van der Waals surface area contributed by atoms with E-state index < -0.39 is 34.6 Å². The first kappa shape index (κ1) is 32.4. The number of halogens is 7. The van der Waals surface area contributed by atoms with Gasteiger partial charge in [0, 0.05) is 75.2 Å². The van der Waals surface area contributed by atoms with E-state index in [4.69, 9.17) is 11.6 Å². The van der Waals surface area contributed by atoms with Crippen molar-refractivity contribution in [2.24, 2.45) is 10.8 Å². The lowest BCUT2D eigenvalue weighted by Gasteiger charge is -2.54. The van der Waals surface area contributed by atoms with Gasteiger partial charge in [-0.15, -0.1) is 0 Å². The van der Waals surface area contributed by atoms with Crippen molar-refractivity contribution in [2.45, 2.75) is 57.1 Å². The highest BCUT2D eigenvalue weighted by Crippen LogP contribution is 2.45. The van der Waals surface area contributed by atoms with E-state index in [0.29, 0.717) is 50.6 Å². The van der Waals surface area contributed by atoms with Crippen LogP contribution in [-0.2, 0) is 21.3 Å². The van der Waals surface area contributed by atoms with Crippen LogP contribution in [0.2, 0.25) is 5.02 Å². The zero-order valence-corrected chi connectivity index (χ0v) is 25.3. The molecule has 242 valence electrons. The fourth-order valence-corrected chi connectivity index (χ4v) is 8.18. The number of carbonyl (C=O) groups excluding carboxylic acids is 1. The van der Waals surface area contributed by atoms with E-state index in [-0.39, 0.29) is 23.9 Å². The Balaban J connectivity index is 1.14. The van der Waals surface area contributed by atoms with Crippen LogP contribution in [0.25, 0.3) is 0 Å². The number of hydrogen-bond acceptors (Lipinski definition) is 6. The Kier molecular flexibility index (Phi) is 8.62. The van der Waals surface area contributed by atoms with Crippen molar-refractivity contribution < 1.29 is 44.3 Å². The Morgan fingerprint density at radius 3 is 2.00 bits per heavy atom. The molecule has 2 spiro atoms. The highest BCUT2D eigenvalue weighted by molar-refractivity contribution is 7.88. The number of nitrogens with zero attached hydrogens (tertiary/aromatic N) is 4. The van der Waals surface area contributed by atoms with Crippen LogP contribution in [0.15, 0.2) is 18.2 Å². The zero-order valence-electron chi connectivity index (χ0n) is 23.7. The van der Waals surface area contributed by atoms with E-state index in [2.05, 4.69) is 14.5 Å². The maximum absolute atomic E-state index is 12.8. The number of benzene rings is 1. The molecule has 4 saturated heterocycles. The highest BCUT2D eigenvalue weighted by atomic mass is 35.5. The van der Waals surface area contributed by atoms with Crippen LogP contribution in [0.5, 0.6) is 0 Å². The number of anilines is 1. The summed E-state index contributed by atoms with van der Waals surface area (Å²) in [7, 11) is -3.21. The average molecular weight is 661 g/mol. The third-order valence-corrected chi connectivity index (χ3v) is 11.1. The molecule has 0 saturated carbocycles. The molecule has 5 rings (SSSR count). The van der Waals surface area contributed by atoms with Gasteiger partial charge < -0.3 is 14.5 Å². The van der Waals surface area contributed by atoms with Crippen LogP contribution in [0.3, 0.4) is 0 Å². The molecule has 0 radical (unpaired) electrons. The van der Waals surface area contributed by atoms with E-state index in [1.807, 2.05) is 18.2 Å². The molecule has 0 aromatic heterocycles. The lowest BCUT2D eigenvalue weighted by Crippen LogP contribution is -2.60. The van der Waals surface area contributed by atoms with Gasteiger partial charge in [-0.25, -0.2) is 17.5 Å². The van der Waals surface area contributed by atoms with Crippen LogP contribution >= 0.6 is 11.6 Å². The van der Waals surface area contributed by atoms with Crippen LogP contribution in [0, 0.1) is 10.8 Å². The molecule has 0 unspecified atom stereocenters. The summed E-state index contributed by atoms with van der Waals surface area (Å²) in [5.74, 6) is 0. The number of likely N-dealkylation sites (tertiary alicyclic amines) is 2. The minimum Gasteiger partial charge on any atom is -0.426 e. The molecule has 1 aromatic rings. The van der Waals surface area contributed by atoms with Gasteiger partial charge >= 0.3 is 18.4 Å². The highest BCUT2D eigenvalue weighted by Gasteiger charge is 2.60. The summed E-state index contributed by atoms with van der Waals surface area (Å²) in [6.07, 6.45) is -12.5. The Morgan fingerprint density at radius 2 is 1.47 bits per heavy atom. The van der Waals surface area contributed by atoms with E-state index in [1.165, 1.54) is 6.26 Å². The van der Waals surface area contributed by atoms with Crippen molar-refractivity contribution in [3.8, 4) is 0 Å². The van der Waals surface area contributed by atoms with Crippen LogP contribution < -0.4 is 4.90 Å². The lowest BCUT2D eigenvalue weighted by molar-refractivity contribution is -0.308. The number of amides is 1. The largest absolute Gasteiger partial charge is 0.434 e. The summed E-state index contributed by atoms with van der Waals surface area (Å²) >= 11 is 6.66. The van der Waals surface area contributed by atoms with E-state index >= 15 is 0 Å². The van der Waals surface area contributed by atoms with Gasteiger partial charge in [0.15, 0.2) is 0 Å². The molecule has 0 N–H and O–H groups in total. The summed E-state index contributed by atoms with van der Waals surface area (Å²) < 4.78 is 106. The van der Waals surface area contributed by atoms with Gasteiger partial charge in [-0.05, 0) is 55.1 Å². The van der Waals surface area contributed by atoms with Crippen molar-refractivity contribution in [2.75, 3.05) is 63.5 Å². The minimum absolute atomic E-state index is 0.0101. The van der Waals surface area contributed by atoms with Crippen LogP contribution in [0.1, 0.15) is 37.7 Å². The van der Waals surface area contributed by atoms with E-state index in [1.54, 1.807) is 4.31 Å². The van der Waals surface area contributed by atoms with Crippen molar-refractivity contribution in [1.29, 1.82) is 0 Å². The number of alkyl halides is 6. The lowest BCUT2D eigenvalue weighted by atomic mass is 9.72. The molecular weight excluding hydrogens is 626 g/mol. The Morgan fingerprint density at radius 1 is 0.907 bits per heavy atom. The van der Waals surface area contributed by atoms with Gasteiger partial charge in [0.1, 0.15) is 0 Å². The number of rotatable bonds is 5. The second-order valence-electron chi connectivity index (χ2n) is 12.6. The van der Waals surface area contributed by atoms with E-state index in [0.717, 1.165) is 48.5 Å². The zero-order chi connectivity index (χ0) is 31.4. The topological polar surface area (TPSA) is 73.4 Å². The molecule has 4 heterocycles. The molecule has 8 nitrogen and oxygen atoms in total.